The van der Waals surface area contributed by atoms with E-state index >= 15 is 0 Å². The first-order chi connectivity index (χ1) is 20.9. The van der Waals surface area contributed by atoms with E-state index in [1.54, 1.807) is 52.7 Å². The maximum absolute atomic E-state index is 12.5. The van der Waals surface area contributed by atoms with Gasteiger partial charge in [-0.25, -0.2) is 5.43 Å². The van der Waals surface area contributed by atoms with Crippen LogP contribution in [0.15, 0.2) is 41.5 Å². The third-order valence-corrected chi connectivity index (χ3v) is 6.84. The molecule has 43 heavy (non-hydrogen) atoms. The zero-order valence-electron chi connectivity index (χ0n) is 25.3. The van der Waals surface area contributed by atoms with Crippen LogP contribution >= 0.6 is 0 Å². The summed E-state index contributed by atoms with van der Waals surface area (Å²) in [5, 5.41) is 4.02. The van der Waals surface area contributed by atoms with Crippen LogP contribution in [0.2, 0.25) is 0 Å². The average molecular weight is 597 g/mol. The van der Waals surface area contributed by atoms with Gasteiger partial charge in [-0.2, -0.15) is 5.10 Å². The van der Waals surface area contributed by atoms with Crippen molar-refractivity contribution in [2.75, 3.05) is 56.4 Å². The normalized spacial score (nSPS) is 13.8. The lowest BCUT2D eigenvalue weighted by Gasteiger charge is -2.29. The fraction of sp³-hybridized carbons (Fsp3) is 0.355. The third kappa shape index (κ3) is 6.74. The second-order valence-electron chi connectivity index (χ2n) is 9.21. The first-order valence-electron chi connectivity index (χ1n) is 13.3. The second kappa shape index (κ2) is 14.3. The van der Waals surface area contributed by atoms with Crippen molar-refractivity contribution in [1.82, 2.24) is 5.43 Å². The minimum Gasteiger partial charge on any atom is -0.496 e. The zero-order valence-corrected chi connectivity index (χ0v) is 25.3. The van der Waals surface area contributed by atoms with E-state index in [1.165, 1.54) is 27.5 Å². The molecule has 4 rings (SSSR count). The summed E-state index contributed by atoms with van der Waals surface area (Å²) >= 11 is 0. The van der Waals surface area contributed by atoms with Crippen molar-refractivity contribution in [2.45, 2.75) is 18.9 Å². The Hall–Kier alpha value is -5.00. The Labute approximate surface area is 250 Å². The summed E-state index contributed by atoms with van der Waals surface area (Å²) in [5.74, 6) is 4.07. The van der Waals surface area contributed by atoms with Crippen molar-refractivity contribution in [3.8, 4) is 51.7 Å². The molecular weight excluding hydrogens is 560 g/mol. The Balaban J connectivity index is 1.45. The number of hydrogen-bond donors (Lipinski definition) is 1. The van der Waals surface area contributed by atoms with Crippen molar-refractivity contribution >= 4 is 12.1 Å². The van der Waals surface area contributed by atoms with E-state index in [9.17, 15) is 4.79 Å². The van der Waals surface area contributed by atoms with Crippen LogP contribution in [0.1, 0.15) is 29.2 Å². The number of amides is 1. The molecule has 1 atom stereocenters. The monoisotopic (exact) mass is 596 g/mol. The van der Waals surface area contributed by atoms with Crippen molar-refractivity contribution in [2.24, 2.45) is 5.10 Å². The van der Waals surface area contributed by atoms with Gasteiger partial charge in [-0.3, -0.25) is 4.79 Å². The number of nitrogens with one attached hydrogen (secondary N) is 1. The summed E-state index contributed by atoms with van der Waals surface area (Å²) in [6.07, 6.45) is 2.56. The largest absolute Gasteiger partial charge is 0.496 e. The average Bonchev–Trinajstić information content (AvgIpc) is 3.05. The van der Waals surface area contributed by atoms with Gasteiger partial charge in [0, 0.05) is 23.3 Å². The van der Waals surface area contributed by atoms with E-state index in [1.807, 2.05) is 12.1 Å². The summed E-state index contributed by atoms with van der Waals surface area (Å²) in [5.41, 5.74) is 4.82. The molecule has 0 fully saturated rings. The highest BCUT2D eigenvalue weighted by Gasteiger charge is 2.27. The van der Waals surface area contributed by atoms with Gasteiger partial charge < -0.3 is 42.6 Å². The van der Waals surface area contributed by atoms with E-state index in [-0.39, 0.29) is 12.7 Å². The van der Waals surface area contributed by atoms with Gasteiger partial charge in [0.05, 0.1) is 56.0 Å². The molecule has 3 aromatic carbocycles. The lowest BCUT2D eigenvalue weighted by molar-refractivity contribution is -0.123. The van der Waals surface area contributed by atoms with Crippen molar-refractivity contribution in [3.63, 3.8) is 0 Å². The molecule has 1 amide bonds. The van der Waals surface area contributed by atoms with Gasteiger partial charge in [-0.05, 0) is 42.7 Å². The Morgan fingerprint density at radius 2 is 1.47 bits per heavy atom. The van der Waals surface area contributed by atoms with Crippen molar-refractivity contribution in [1.29, 1.82) is 0 Å². The first-order valence-corrected chi connectivity index (χ1v) is 13.3. The third-order valence-electron chi connectivity index (χ3n) is 6.84. The lowest BCUT2D eigenvalue weighted by Crippen LogP contribution is -2.24. The van der Waals surface area contributed by atoms with Crippen molar-refractivity contribution < 1.29 is 47.4 Å². The molecule has 1 unspecified atom stereocenters. The highest BCUT2D eigenvalue weighted by atomic mass is 16.5. The van der Waals surface area contributed by atoms with E-state index in [0.29, 0.717) is 70.2 Å². The standard InChI is InChI=1S/C31H36N2O10/c1-35-23-10-8-18(29(39-5)31(23)41-7)16-32-33-28(34)17-42-20-14-24(36-2)21-9-11-22(43-25(21)15-20)19-12-26(37-3)30(40-6)27(13-19)38-4/h8,10,12-16,22H,9,11,17H2,1-7H3,(H,33,34)/b32-16+. The quantitative estimate of drug-likeness (QED) is 0.225. The molecular formula is C31H36N2O10. The first kappa shape index (κ1) is 30.9. The summed E-state index contributed by atoms with van der Waals surface area (Å²) in [6.45, 7) is -0.293. The van der Waals surface area contributed by atoms with E-state index in [2.05, 4.69) is 10.5 Å². The van der Waals surface area contributed by atoms with Crippen molar-refractivity contribution in [3.05, 3.63) is 53.1 Å². The van der Waals surface area contributed by atoms with Gasteiger partial charge >= 0.3 is 0 Å². The molecule has 1 N–H and O–H groups in total. The Morgan fingerprint density at radius 3 is 2.07 bits per heavy atom. The summed E-state index contributed by atoms with van der Waals surface area (Å²) in [6, 6.07) is 10.7. The minimum absolute atomic E-state index is 0.285. The number of rotatable bonds is 13. The summed E-state index contributed by atoms with van der Waals surface area (Å²) in [4.78, 5) is 12.5. The fourth-order valence-electron chi connectivity index (χ4n) is 4.80. The number of benzene rings is 3. The summed E-state index contributed by atoms with van der Waals surface area (Å²) < 4.78 is 50.3. The number of nitrogens with zero attached hydrogens (tertiary/aromatic N) is 1. The van der Waals surface area contributed by atoms with Gasteiger partial charge in [0.15, 0.2) is 29.6 Å². The molecule has 12 nitrogen and oxygen atoms in total. The molecule has 0 saturated heterocycles. The highest BCUT2D eigenvalue weighted by Crippen LogP contribution is 2.46. The molecule has 230 valence electrons. The van der Waals surface area contributed by atoms with Crippen LogP contribution in [-0.2, 0) is 11.2 Å². The maximum atomic E-state index is 12.5. The zero-order chi connectivity index (χ0) is 30.9. The number of carbonyl (C=O) groups is 1. The van der Waals surface area contributed by atoms with Crippen LogP contribution in [0.3, 0.4) is 0 Å². The molecule has 0 aromatic heterocycles. The fourth-order valence-corrected chi connectivity index (χ4v) is 4.80. The molecule has 0 bridgehead atoms. The van der Waals surface area contributed by atoms with Gasteiger partial charge in [0.25, 0.3) is 5.91 Å². The van der Waals surface area contributed by atoms with Crippen LogP contribution in [0.5, 0.6) is 51.7 Å². The molecule has 3 aromatic rings. The molecule has 12 heteroatoms. The number of fused-ring (bicyclic) bond motifs is 1. The van der Waals surface area contributed by atoms with Crippen LogP contribution < -0.4 is 48.1 Å². The molecule has 0 aliphatic carbocycles. The van der Waals surface area contributed by atoms with Crippen LogP contribution in [0.4, 0.5) is 0 Å². The number of methoxy groups -OCH3 is 7. The number of hydrazone groups is 1. The van der Waals surface area contributed by atoms with Gasteiger partial charge in [0.2, 0.25) is 11.5 Å². The SMILES string of the molecule is COc1cc(OCC(=O)N/N=C/c2ccc(OC)c(OC)c2OC)cc2c1CCC(c1cc(OC)c(OC)c(OC)c1)O2. The smallest absolute Gasteiger partial charge is 0.277 e. The van der Waals surface area contributed by atoms with Gasteiger partial charge in [-0.15, -0.1) is 0 Å². The Kier molecular flexibility index (Phi) is 10.3. The second-order valence-corrected chi connectivity index (χ2v) is 9.21. The maximum Gasteiger partial charge on any atom is 0.277 e. The number of hydrogen-bond acceptors (Lipinski definition) is 11. The number of ether oxygens (including phenoxy) is 9. The highest BCUT2D eigenvalue weighted by molar-refractivity contribution is 5.87. The van der Waals surface area contributed by atoms with Crippen LogP contribution in [0.25, 0.3) is 0 Å². The minimum atomic E-state index is -0.469. The van der Waals surface area contributed by atoms with Gasteiger partial charge in [0.1, 0.15) is 23.4 Å². The van der Waals surface area contributed by atoms with E-state index < -0.39 is 5.91 Å². The molecule has 0 saturated carbocycles. The predicted molar refractivity (Wildman–Crippen MR) is 158 cm³/mol. The molecule has 0 radical (unpaired) electrons. The molecule has 0 spiro atoms. The Bertz CT molecular complexity index is 1450. The van der Waals surface area contributed by atoms with Crippen LogP contribution in [0, 0.1) is 0 Å². The summed E-state index contributed by atoms with van der Waals surface area (Å²) in [7, 11) is 10.8. The number of carbonyl (C=O) groups excluding carboxylic acids is 1. The van der Waals surface area contributed by atoms with Gasteiger partial charge in [-0.1, -0.05) is 0 Å². The Morgan fingerprint density at radius 1 is 0.814 bits per heavy atom. The van der Waals surface area contributed by atoms with E-state index in [4.69, 9.17) is 42.6 Å². The topological polar surface area (TPSA) is 125 Å². The predicted octanol–water partition coefficient (Wildman–Crippen LogP) is 4.34. The van der Waals surface area contributed by atoms with E-state index in [0.717, 1.165) is 11.1 Å². The van der Waals surface area contributed by atoms with Crippen LogP contribution in [-0.4, -0.2) is 68.5 Å². The molecule has 1 aliphatic rings. The molecule has 1 heterocycles. The molecule has 1 aliphatic heterocycles. The lowest BCUT2D eigenvalue weighted by atomic mass is 9.96.